The molecular formula is C22H25N3O2S2. The average Bonchev–Trinajstić information content (AvgIpc) is 2.99. The number of hydrogen-bond donors (Lipinski definition) is 0. The average molecular weight is 428 g/mol. The summed E-state index contributed by atoms with van der Waals surface area (Å²) < 4.78 is 7.41. The maximum absolute atomic E-state index is 13.2. The van der Waals surface area contributed by atoms with Gasteiger partial charge in [-0.3, -0.25) is 4.79 Å². The maximum Gasteiger partial charge on any atom is 0.237 e. The van der Waals surface area contributed by atoms with Gasteiger partial charge in [0.05, 0.1) is 29.1 Å². The first-order valence-electron chi connectivity index (χ1n) is 9.80. The van der Waals surface area contributed by atoms with Crippen LogP contribution in [-0.4, -0.2) is 46.7 Å². The van der Waals surface area contributed by atoms with Gasteiger partial charge in [-0.15, -0.1) is 11.8 Å². The molecule has 1 amide bonds. The predicted molar refractivity (Wildman–Crippen MR) is 121 cm³/mol. The second-order valence-corrected chi connectivity index (χ2v) is 9.47. The lowest BCUT2D eigenvalue weighted by Crippen LogP contribution is -2.33. The van der Waals surface area contributed by atoms with Gasteiger partial charge in [0.1, 0.15) is 0 Å². The zero-order chi connectivity index (χ0) is 20.2. The van der Waals surface area contributed by atoms with Gasteiger partial charge in [0, 0.05) is 30.3 Å². The normalized spacial score (nSPS) is 16.6. The van der Waals surface area contributed by atoms with Gasteiger partial charge in [-0.05, 0) is 30.7 Å². The lowest BCUT2D eigenvalue weighted by molar-refractivity contribution is -0.116. The third-order valence-corrected chi connectivity index (χ3v) is 7.21. The van der Waals surface area contributed by atoms with E-state index in [9.17, 15) is 4.79 Å². The number of para-hydroxylation sites is 3. The van der Waals surface area contributed by atoms with E-state index in [0.717, 1.165) is 34.8 Å². The standard InChI is InChI=1S/C22H25N3O2S2/c1-16-11-12-24(19-9-5-6-10-20(19)29-16)21(26)15-28-22-23-17-7-3-4-8-18(17)25(22)13-14-27-2/h3-10,16H,11-15H2,1-2H3. The number of fused-ring (bicyclic) bond motifs is 2. The molecule has 0 N–H and O–H groups in total. The fourth-order valence-corrected chi connectivity index (χ4v) is 5.54. The van der Waals surface area contributed by atoms with Gasteiger partial charge in [0.15, 0.2) is 5.16 Å². The molecule has 0 bridgehead atoms. The number of hydrogen-bond acceptors (Lipinski definition) is 5. The van der Waals surface area contributed by atoms with Crippen LogP contribution in [0.1, 0.15) is 13.3 Å². The highest BCUT2D eigenvalue weighted by molar-refractivity contribution is 8.00. The fourth-order valence-electron chi connectivity index (χ4n) is 3.51. The molecular weight excluding hydrogens is 402 g/mol. The van der Waals surface area contributed by atoms with Crippen molar-refractivity contribution in [2.24, 2.45) is 0 Å². The summed E-state index contributed by atoms with van der Waals surface area (Å²) in [6.45, 7) is 4.30. The quantitative estimate of drug-likeness (QED) is 0.534. The van der Waals surface area contributed by atoms with Crippen LogP contribution in [-0.2, 0) is 16.1 Å². The van der Waals surface area contributed by atoms with Gasteiger partial charge in [-0.25, -0.2) is 4.98 Å². The Morgan fingerprint density at radius 3 is 2.90 bits per heavy atom. The van der Waals surface area contributed by atoms with Gasteiger partial charge >= 0.3 is 0 Å². The first kappa shape index (κ1) is 20.3. The van der Waals surface area contributed by atoms with E-state index in [4.69, 9.17) is 9.72 Å². The van der Waals surface area contributed by atoms with Gasteiger partial charge < -0.3 is 14.2 Å². The molecule has 7 heteroatoms. The Morgan fingerprint density at radius 2 is 2.03 bits per heavy atom. The Bertz CT molecular complexity index is 1000. The monoisotopic (exact) mass is 427 g/mol. The van der Waals surface area contributed by atoms with Crippen molar-refractivity contribution >= 4 is 46.2 Å². The second-order valence-electron chi connectivity index (χ2n) is 7.05. The SMILES string of the molecule is COCCn1c(SCC(=O)N2CCC(C)Sc3ccccc32)nc2ccccc21. The molecule has 29 heavy (non-hydrogen) atoms. The van der Waals surface area contributed by atoms with E-state index in [1.165, 1.54) is 16.7 Å². The van der Waals surface area contributed by atoms with Crippen LogP contribution >= 0.6 is 23.5 Å². The summed E-state index contributed by atoms with van der Waals surface area (Å²) in [5.41, 5.74) is 3.05. The molecule has 152 valence electrons. The lowest BCUT2D eigenvalue weighted by Gasteiger charge is -2.22. The molecule has 0 saturated heterocycles. The lowest BCUT2D eigenvalue weighted by atomic mass is 10.2. The minimum Gasteiger partial charge on any atom is -0.383 e. The molecule has 1 atom stereocenters. The number of aromatic nitrogens is 2. The van der Waals surface area contributed by atoms with Gasteiger partial charge in [-0.2, -0.15) is 0 Å². The van der Waals surface area contributed by atoms with Crippen molar-refractivity contribution < 1.29 is 9.53 Å². The Kier molecular flexibility index (Phi) is 6.47. The summed E-state index contributed by atoms with van der Waals surface area (Å²) in [6, 6.07) is 16.3. The molecule has 1 unspecified atom stereocenters. The van der Waals surface area contributed by atoms with E-state index >= 15 is 0 Å². The highest BCUT2D eigenvalue weighted by atomic mass is 32.2. The number of imidazole rings is 1. The topological polar surface area (TPSA) is 47.4 Å². The molecule has 1 aliphatic heterocycles. The Hall–Kier alpha value is -1.96. The van der Waals surface area contributed by atoms with Crippen LogP contribution < -0.4 is 4.90 Å². The van der Waals surface area contributed by atoms with Crippen LogP contribution in [0.4, 0.5) is 5.69 Å². The minimum atomic E-state index is 0.127. The van der Waals surface area contributed by atoms with E-state index in [2.05, 4.69) is 29.7 Å². The van der Waals surface area contributed by atoms with Crippen LogP contribution in [0.15, 0.2) is 58.6 Å². The molecule has 0 aliphatic carbocycles. The van der Waals surface area contributed by atoms with Crippen LogP contribution in [0, 0.1) is 0 Å². The molecule has 1 aliphatic rings. The van der Waals surface area contributed by atoms with E-state index in [0.29, 0.717) is 24.2 Å². The van der Waals surface area contributed by atoms with E-state index < -0.39 is 0 Å². The molecule has 0 fully saturated rings. The van der Waals surface area contributed by atoms with Gasteiger partial charge in [0.25, 0.3) is 0 Å². The number of carbonyl (C=O) groups is 1. The summed E-state index contributed by atoms with van der Waals surface area (Å²) in [5, 5.41) is 1.36. The third-order valence-electron chi connectivity index (χ3n) is 5.01. The Morgan fingerprint density at radius 1 is 1.24 bits per heavy atom. The van der Waals surface area contributed by atoms with Crippen molar-refractivity contribution in [2.75, 3.05) is 30.9 Å². The predicted octanol–water partition coefficient (Wildman–Crippen LogP) is 4.69. The van der Waals surface area contributed by atoms with Crippen molar-refractivity contribution in [2.45, 2.75) is 35.2 Å². The molecule has 5 nitrogen and oxygen atoms in total. The number of nitrogens with zero attached hydrogens (tertiary/aromatic N) is 3. The van der Waals surface area contributed by atoms with Crippen LogP contribution in [0.2, 0.25) is 0 Å². The number of anilines is 1. The van der Waals surface area contributed by atoms with E-state index in [1.807, 2.05) is 47.0 Å². The van der Waals surface area contributed by atoms with Crippen molar-refractivity contribution in [3.05, 3.63) is 48.5 Å². The third kappa shape index (κ3) is 4.47. The maximum atomic E-state index is 13.2. The number of benzene rings is 2. The summed E-state index contributed by atoms with van der Waals surface area (Å²) in [5.74, 6) is 0.492. The number of ether oxygens (including phenoxy) is 1. The summed E-state index contributed by atoms with van der Waals surface area (Å²) in [4.78, 5) is 21.1. The highest BCUT2D eigenvalue weighted by Gasteiger charge is 2.24. The minimum absolute atomic E-state index is 0.127. The number of thioether (sulfide) groups is 2. The number of rotatable bonds is 6. The van der Waals surface area contributed by atoms with Crippen LogP contribution in [0.25, 0.3) is 11.0 Å². The highest BCUT2D eigenvalue weighted by Crippen LogP contribution is 2.37. The summed E-state index contributed by atoms with van der Waals surface area (Å²) >= 11 is 3.36. The van der Waals surface area contributed by atoms with Crippen molar-refractivity contribution in [3.8, 4) is 0 Å². The van der Waals surface area contributed by atoms with Crippen LogP contribution in [0.5, 0.6) is 0 Å². The van der Waals surface area contributed by atoms with Gasteiger partial charge in [-0.1, -0.05) is 43.0 Å². The number of methoxy groups -OCH3 is 1. The molecule has 0 spiro atoms. The van der Waals surface area contributed by atoms with E-state index in [-0.39, 0.29) is 5.91 Å². The Balaban J connectivity index is 1.54. The molecule has 1 aromatic heterocycles. The summed E-state index contributed by atoms with van der Waals surface area (Å²) in [6.07, 6.45) is 0.988. The smallest absolute Gasteiger partial charge is 0.237 e. The van der Waals surface area contributed by atoms with Crippen molar-refractivity contribution in [1.29, 1.82) is 0 Å². The zero-order valence-corrected chi connectivity index (χ0v) is 18.3. The molecule has 0 saturated carbocycles. The van der Waals surface area contributed by atoms with Crippen molar-refractivity contribution in [3.63, 3.8) is 0 Å². The Labute approximate surface area is 179 Å². The molecule has 2 aromatic carbocycles. The first-order chi connectivity index (χ1) is 14.2. The zero-order valence-electron chi connectivity index (χ0n) is 16.7. The molecule has 4 rings (SSSR count). The number of carbonyl (C=O) groups excluding carboxylic acids is 1. The molecule has 0 radical (unpaired) electrons. The first-order valence-corrected chi connectivity index (χ1v) is 11.7. The number of amides is 1. The molecule has 2 heterocycles. The largest absolute Gasteiger partial charge is 0.383 e. The molecule has 3 aromatic rings. The van der Waals surface area contributed by atoms with E-state index in [1.54, 1.807) is 7.11 Å². The van der Waals surface area contributed by atoms with Crippen LogP contribution in [0.3, 0.4) is 0 Å². The van der Waals surface area contributed by atoms with Gasteiger partial charge in [0.2, 0.25) is 5.91 Å². The van der Waals surface area contributed by atoms with Crippen molar-refractivity contribution in [1.82, 2.24) is 9.55 Å². The second kappa shape index (κ2) is 9.24. The summed E-state index contributed by atoms with van der Waals surface area (Å²) in [7, 11) is 1.70. The fraction of sp³-hybridized carbons (Fsp3) is 0.364.